The molecule has 1 aliphatic carbocycles. The minimum absolute atomic E-state index is 0. The maximum Gasteiger partial charge on any atom is 0.422 e. The van der Waals surface area contributed by atoms with Crippen LogP contribution in [0.2, 0.25) is 0 Å². The molecule has 0 bridgehead atoms. The predicted molar refractivity (Wildman–Crippen MR) is 124 cm³/mol. The van der Waals surface area contributed by atoms with Crippen LogP contribution in [-0.2, 0) is 11.3 Å². The van der Waals surface area contributed by atoms with Gasteiger partial charge in [-0.2, -0.15) is 13.2 Å². The molecule has 1 aromatic heterocycles. The molecule has 1 saturated carbocycles. The molecule has 0 spiro atoms. The number of halogens is 4. The quantitative estimate of drug-likeness (QED) is 0.292. The summed E-state index contributed by atoms with van der Waals surface area (Å²) in [6, 6.07) is 3.11. The molecule has 176 valence electrons. The zero-order valence-electron chi connectivity index (χ0n) is 18.1. The zero-order chi connectivity index (χ0) is 22.2. The van der Waals surface area contributed by atoms with Crippen molar-refractivity contribution in [2.45, 2.75) is 45.3 Å². The second kappa shape index (κ2) is 12.3. The third kappa shape index (κ3) is 8.69. The van der Waals surface area contributed by atoms with E-state index in [4.69, 9.17) is 0 Å². The van der Waals surface area contributed by atoms with Crippen LogP contribution >= 0.6 is 24.0 Å². The Labute approximate surface area is 198 Å². The van der Waals surface area contributed by atoms with Crippen molar-refractivity contribution in [1.82, 2.24) is 20.5 Å². The number of carbonyl (C=O) groups excluding carboxylic acids is 1. The van der Waals surface area contributed by atoms with Crippen molar-refractivity contribution in [3.8, 4) is 5.88 Å². The number of ether oxygens (including phenoxy) is 1. The van der Waals surface area contributed by atoms with Gasteiger partial charge in [-0.1, -0.05) is 12.8 Å². The fraction of sp³-hybridized carbons (Fsp3) is 0.650. The van der Waals surface area contributed by atoms with Crippen molar-refractivity contribution in [2.24, 2.45) is 10.4 Å². The second-order valence-corrected chi connectivity index (χ2v) is 7.64. The fourth-order valence-electron chi connectivity index (χ4n) is 3.54. The molecular weight excluding hydrogens is 526 g/mol. The van der Waals surface area contributed by atoms with Gasteiger partial charge in [-0.3, -0.25) is 4.79 Å². The molecule has 31 heavy (non-hydrogen) atoms. The summed E-state index contributed by atoms with van der Waals surface area (Å²) in [7, 11) is 3.53. The van der Waals surface area contributed by atoms with Gasteiger partial charge in [0.15, 0.2) is 12.6 Å². The van der Waals surface area contributed by atoms with E-state index in [9.17, 15) is 18.0 Å². The molecule has 0 saturated heterocycles. The highest BCUT2D eigenvalue weighted by Gasteiger charge is 2.42. The van der Waals surface area contributed by atoms with E-state index < -0.39 is 18.2 Å². The third-order valence-corrected chi connectivity index (χ3v) is 4.96. The number of nitrogens with one attached hydrogen (secondary N) is 2. The lowest BCUT2D eigenvalue weighted by Gasteiger charge is -2.31. The summed E-state index contributed by atoms with van der Waals surface area (Å²) in [6.07, 6.45) is 0.680. The van der Waals surface area contributed by atoms with Crippen LogP contribution in [0, 0.1) is 5.41 Å². The van der Waals surface area contributed by atoms with Crippen molar-refractivity contribution in [3.63, 3.8) is 0 Å². The molecule has 11 heteroatoms. The van der Waals surface area contributed by atoms with Crippen LogP contribution < -0.4 is 15.4 Å². The number of hydrogen-bond acceptors (Lipinski definition) is 4. The van der Waals surface area contributed by atoms with E-state index >= 15 is 0 Å². The first kappa shape index (κ1) is 27.2. The van der Waals surface area contributed by atoms with E-state index in [1.54, 1.807) is 25.1 Å². The zero-order valence-corrected chi connectivity index (χ0v) is 20.4. The van der Waals surface area contributed by atoms with E-state index in [-0.39, 0.29) is 42.3 Å². The summed E-state index contributed by atoms with van der Waals surface area (Å²) in [5.41, 5.74) is 0.230. The number of aliphatic imine (C=N–C) groups is 1. The van der Waals surface area contributed by atoms with Gasteiger partial charge in [0.1, 0.15) is 0 Å². The van der Waals surface area contributed by atoms with Gasteiger partial charge in [0, 0.05) is 39.4 Å². The SMILES string of the molecule is CCNC(=NCc1ccnc(OCC(F)(F)F)c1)NCC1(C(=O)N(C)C)CCCC1.I. The molecular formula is C20H31F3IN5O2. The molecule has 1 fully saturated rings. The maximum atomic E-state index is 12.7. The van der Waals surface area contributed by atoms with Crippen molar-refractivity contribution < 1.29 is 22.7 Å². The van der Waals surface area contributed by atoms with Crippen LogP contribution in [-0.4, -0.2) is 61.7 Å². The smallest absolute Gasteiger partial charge is 0.422 e. The molecule has 1 heterocycles. The number of rotatable bonds is 8. The number of aromatic nitrogens is 1. The average Bonchev–Trinajstić information content (AvgIpc) is 3.18. The molecule has 2 N–H and O–H groups in total. The Morgan fingerprint density at radius 2 is 1.97 bits per heavy atom. The number of hydrogen-bond donors (Lipinski definition) is 2. The molecule has 0 aromatic carbocycles. The van der Waals surface area contributed by atoms with Crippen molar-refractivity contribution in [1.29, 1.82) is 0 Å². The maximum absolute atomic E-state index is 12.7. The number of nitrogens with zero attached hydrogens (tertiary/aromatic N) is 3. The first-order valence-corrected chi connectivity index (χ1v) is 10.0. The molecule has 0 aliphatic heterocycles. The molecule has 1 amide bonds. The molecule has 2 rings (SSSR count). The summed E-state index contributed by atoms with van der Waals surface area (Å²) >= 11 is 0. The van der Waals surface area contributed by atoms with E-state index in [0.717, 1.165) is 25.7 Å². The standard InChI is InChI=1S/C20H30F3N5O2.HI/c1-4-24-18(27-13-19(8-5-6-9-19)17(29)28(2)3)26-12-15-7-10-25-16(11-15)30-14-20(21,22)23;/h7,10-11H,4-6,8-9,12-14H2,1-3H3,(H2,24,26,27);1H. The molecule has 0 atom stereocenters. The minimum atomic E-state index is -4.42. The van der Waals surface area contributed by atoms with Gasteiger partial charge in [0.05, 0.1) is 12.0 Å². The molecule has 7 nitrogen and oxygen atoms in total. The summed E-state index contributed by atoms with van der Waals surface area (Å²) < 4.78 is 41.6. The van der Waals surface area contributed by atoms with E-state index in [0.29, 0.717) is 24.6 Å². The Bertz CT molecular complexity index is 738. The molecule has 0 radical (unpaired) electrons. The predicted octanol–water partition coefficient (Wildman–Crippen LogP) is 3.34. The largest absolute Gasteiger partial charge is 0.468 e. The van der Waals surface area contributed by atoms with E-state index in [1.807, 2.05) is 6.92 Å². The normalized spacial score (nSPS) is 15.7. The Morgan fingerprint density at radius 3 is 2.55 bits per heavy atom. The van der Waals surface area contributed by atoms with E-state index in [2.05, 4.69) is 25.3 Å². The monoisotopic (exact) mass is 557 g/mol. The average molecular weight is 557 g/mol. The van der Waals surface area contributed by atoms with Crippen LogP contribution in [0.1, 0.15) is 38.2 Å². The first-order valence-electron chi connectivity index (χ1n) is 10.0. The van der Waals surface area contributed by atoms with Crippen LogP contribution in [0.25, 0.3) is 0 Å². The van der Waals surface area contributed by atoms with Crippen molar-refractivity contribution in [3.05, 3.63) is 23.9 Å². The van der Waals surface area contributed by atoms with Gasteiger partial charge in [-0.15, -0.1) is 24.0 Å². The summed E-state index contributed by atoms with van der Waals surface area (Å²) in [4.78, 5) is 22.6. The minimum Gasteiger partial charge on any atom is -0.468 e. The highest BCUT2D eigenvalue weighted by molar-refractivity contribution is 14.0. The third-order valence-electron chi connectivity index (χ3n) is 4.96. The number of alkyl halides is 3. The van der Waals surface area contributed by atoms with Gasteiger partial charge in [-0.25, -0.2) is 9.98 Å². The van der Waals surface area contributed by atoms with Crippen molar-refractivity contribution >= 4 is 35.8 Å². The van der Waals surface area contributed by atoms with Gasteiger partial charge in [-0.05, 0) is 31.4 Å². The summed E-state index contributed by atoms with van der Waals surface area (Å²) in [6.45, 7) is 1.89. The van der Waals surface area contributed by atoms with Crippen LogP contribution in [0.4, 0.5) is 13.2 Å². The Kier molecular flexibility index (Phi) is 10.8. The fourth-order valence-corrected chi connectivity index (χ4v) is 3.54. The lowest BCUT2D eigenvalue weighted by Crippen LogP contribution is -2.49. The van der Waals surface area contributed by atoms with Crippen LogP contribution in [0.3, 0.4) is 0 Å². The summed E-state index contributed by atoms with van der Waals surface area (Å²) in [5, 5.41) is 6.41. The molecule has 1 aliphatic rings. The number of amides is 1. The van der Waals surface area contributed by atoms with Crippen LogP contribution in [0.15, 0.2) is 23.3 Å². The Morgan fingerprint density at radius 1 is 1.29 bits per heavy atom. The van der Waals surface area contributed by atoms with Gasteiger partial charge in [0.2, 0.25) is 11.8 Å². The highest BCUT2D eigenvalue weighted by Crippen LogP contribution is 2.38. The lowest BCUT2D eigenvalue weighted by molar-refractivity contribution is -0.154. The number of carbonyl (C=O) groups is 1. The van der Waals surface area contributed by atoms with Gasteiger partial charge >= 0.3 is 6.18 Å². The Balaban J connectivity index is 0.00000480. The molecule has 0 unspecified atom stereocenters. The van der Waals surface area contributed by atoms with Crippen LogP contribution in [0.5, 0.6) is 5.88 Å². The lowest BCUT2D eigenvalue weighted by atomic mass is 9.84. The van der Waals surface area contributed by atoms with Crippen molar-refractivity contribution in [2.75, 3.05) is 33.8 Å². The topological polar surface area (TPSA) is 78.9 Å². The highest BCUT2D eigenvalue weighted by atomic mass is 127. The van der Waals surface area contributed by atoms with Gasteiger partial charge in [0.25, 0.3) is 0 Å². The second-order valence-electron chi connectivity index (χ2n) is 7.64. The number of pyridine rings is 1. The van der Waals surface area contributed by atoms with Gasteiger partial charge < -0.3 is 20.3 Å². The van der Waals surface area contributed by atoms with E-state index in [1.165, 1.54) is 12.3 Å². The molecule has 1 aromatic rings. The number of guanidine groups is 1. The Hall–Kier alpha value is -1.79. The summed E-state index contributed by atoms with van der Waals surface area (Å²) in [5.74, 6) is 0.563. The first-order chi connectivity index (χ1) is 14.1.